The summed E-state index contributed by atoms with van der Waals surface area (Å²) in [6.07, 6.45) is 4.48. The first kappa shape index (κ1) is 17.2. The molecule has 2 unspecified atom stereocenters. The Kier molecular flexibility index (Phi) is 7.27. The molecule has 0 N–H and O–H groups in total. The van der Waals surface area contributed by atoms with Crippen LogP contribution in [0, 0.1) is 0 Å². The Morgan fingerprint density at radius 3 is 2.65 bits per heavy atom. The Morgan fingerprint density at radius 2 is 2.05 bits per heavy atom. The Labute approximate surface area is 125 Å². The van der Waals surface area contributed by atoms with E-state index in [1.165, 1.54) is 4.90 Å². The van der Waals surface area contributed by atoms with E-state index in [-0.39, 0.29) is 22.8 Å². The molecule has 2 amide bonds. The third-order valence-electron chi connectivity index (χ3n) is 3.58. The largest absolute Gasteiger partial charge is 0.300 e. The molecule has 0 aliphatic carbocycles. The van der Waals surface area contributed by atoms with Gasteiger partial charge in [0.15, 0.2) is 0 Å². The second kappa shape index (κ2) is 8.45. The van der Waals surface area contributed by atoms with Gasteiger partial charge in [-0.1, -0.05) is 20.3 Å². The van der Waals surface area contributed by atoms with Crippen molar-refractivity contribution >= 4 is 29.4 Å². The van der Waals surface area contributed by atoms with Gasteiger partial charge in [0, 0.05) is 24.6 Å². The highest BCUT2D eigenvalue weighted by Gasteiger charge is 2.38. The number of hydrogen-bond donors (Lipinski definition) is 0. The van der Waals surface area contributed by atoms with Crippen molar-refractivity contribution in [2.45, 2.75) is 69.8 Å². The van der Waals surface area contributed by atoms with E-state index in [0.717, 1.165) is 25.7 Å². The topological polar surface area (TPSA) is 54.5 Å². The van der Waals surface area contributed by atoms with E-state index < -0.39 is 0 Å². The molecule has 0 saturated carbocycles. The quantitative estimate of drug-likeness (QED) is 0.485. The number of carbonyl (C=O) groups is 3. The van der Waals surface area contributed by atoms with Crippen molar-refractivity contribution in [3.63, 3.8) is 0 Å². The Balaban J connectivity index is 2.33. The van der Waals surface area contributed by atoms with Crippen molar-refractivity contribution < 1.29 is 14.4 Å². The summed E-state index contributed by atoms with van der Waals surface area (Å²) in [5.41, 5.74) is 0. The molecule has 114 valence electrons. The van der Waals surface area contributed by atoms with Crippen molar-refractivity contribution in [1.82, 2.24) is 4.90 Å². The van der Waals surface area contributed by atoms with Crippen LogP contribution in [0.4, 0.5) is 0 Å². The predicted molar refractivity (Wildman–Crippen MR) is 81.6 cm³/mol. The summed E-state index contributed by atoms with van der Waals surface area (Å²) >= 11 is 1.61. The zero-order valence-corrected chi connectivity index (χ0v) is 13.5. The van der Waals surface area contributed by atoms with Gasteiger partial charge in [0.05, 0.1) is 5.25 Å². The standard InChI is InChI=1S/C15H25NO3S/c1-4-12(3)20-13-10-14(18)16(15(13)19)9-7-5-6-8-11(2)17/h12-13H,4-10H2,1-3H3. The lowest BCUT2D eigenvalue weighted by molar-refractivity contribution is -0.138. The van der Waals surface area contributed by atoms with Crippen molar-refractivity contribution in [1.29, 1.82) is 0 Å². The smallest absolute Gasteiger partial charge is 0.242 e. The number of unbranched alkanes of at least 4 members (excludes halogenated alkanes) is 2. The number of likely N-dealkylation sites (tertiary alicyclic amines) is 1. The minimum Gasteiger partial charge on any atom is -0.300 e. The van der Waals surface area contributed by atoms with Crippen molar-refractivity contribution in [2.75, 3.05) is 6.54 Å². The summed E-state index contributed by atoms with van der Waals surface area (Å²) in [6, 6.07) is 0. The second-order valence-corrected chi connectivity index (χ2v) is 7.09. The van der Waals surface area contributed by atoms with Gasteiger partial charge in [-0.25, -0.2) is 0 Å². The van der Waals surface area contributed by atoms with E-state index in [2.05, 4.69) is 13.8 Å². The van der Waals surface area contributed by atoms with Gasteiger partial charge in [0.2, 0.25) is 11.8 Å². The zero-order valence-electron chi connectivity index (χ0n) is 12.7. The number of rotatable bonds is 9. The highest BCUT2D eigenvalue weighted by Crippen LogP contribution is 2.29. The zero-order chi connectivity index (χ0) is 15.1. The maximum absolute atomic E-state index is 12.2. The molecule has 1 aliphatic rings. The first-order chi connectivity index (χ1) is 9.45. The van der Waals surface area contributed by atoms with Crippen molar-refractivity contribution in [2.24, 2.45) is 0 Å². The molecular weight excluding hydrogens is 274 g/mol. The normalized spacial score (nSPS) is 20.6. The van der Waals surface area contributed by atoms with Gasteiger partial charge in [-0.2, -0.15) is 0 Å². The molecule has 20 heavy (non-hydrogen) atoms. The fourth-order valence-electron chi connectivity index (χ4n) is 2.19. The lowest BCUT2D eigenvalue weighted by Crippen LogP contribution is -2.32. The molecule has 1 heterocycles. The van der Waals surface area contributed by atoms with Crippen LogP contribution < -0.4 is 0 Å². The third kappa shape index (κ3) is 5.27. The number of amides is 2. The highest BCUT2D eigenvalue weighted by atomic mass is 32.2. The van der Waals surface area contributed by atoms with Crippen LogP contribution in [0.1, 0.15) is 59.3 Å². The van der Waals surface area contributed by atoms with Gasteiger partial charge in [0.1, 0.15) is 5.78 Å². The van der Waals surface area contributed by atoms with Gasteiger partial charge >= 0.3 is 0 Å². The molecule has 1 rings (SSSR count). The molecule has 0 aromatic heterocycles. The van der Waals surface area contributed by atoms with E-state index in [1.54, 1.807) is 18.7 Å². The molecule has 5 heteroatoms. The molecule has 2 atom stereocenters. The fraction of sp³-hybridized carbons (Fsp3) is 0.800. The van der Waals surface area contributed by atoms with Crippen LogP contribution >= 0.6 is 11.8 Å². The highest BCUT2D eigenvalue weighted by molar-refractivity contribution is 8.01. The van der Waals surface area contributed by atoms with Gasteiger partial charge in [0.25, 0.3) is 0 Å². The lowest BCUT2D eigenvalue weighted by Gasteiger charge is -2.16. The van der Waals surface area contributed by atoms with Crippen molar-refractivity contribution in [3.8, 4) is 0 Å². The lowest BCUT2D eigenvalue weighted by atomic mass is 10.1. The van der Waals surface area contributed by atoms with Crippen LogP contribution in [-0.2, 0) is 14.4 Å². The number of hydrogen-bond acceptors (Lipinski definition) is 4. The van der Waals surface area contributed by atoms with E-state index in [9.17, 15) is 14.4 Å². The number of imide groups is 1. The molecule has 0 aromatic rings. The SMILES string of the molecule is CCC(C)SC1CC(=O)N(CCCCCC(C)=O)C1=O. The van der Waals surface area contributed by atoms with Crippen molar-refractivity contribution in [3.05, 3.63) is 0 Å². The summed E-state index contributed by atoms with van der Waals surface area (Å²) in [5.74, 6) is 0.137. The summed E-state index contributed by atoms with van der Waals surface area (Å²) in [6.45, 7) is 6.27. The summed E-state index contributed by atoms with van der Waals surface area (Å²) < 4.78 is 0. The average molecular weight is 299 g/mol. The molecule has 0 spiro atoms. The monoisotopic (exact) mass is 299 g/mol. The minimum absolute atomic E-state index is 0.0214. The van der Waals surface area contributed by atoms with Gasteiger partial charge in [-0.05, 0) is 26.2 Å². The molecule has 1 saturated heterocycles. The average Bonchev–Trinajstić information content (AvgIpc) is 2.65. The fourth-order valence-corrected chi connectivity index (χ4v) is 3.43. The van der Waals surface area contributed by atoms with Crippen LogP contribution in [-0.4, -0.2) is 39.5 Å². The summed E-state index contributed by atoms with van der Waals surface area (Å²) in [5, 5.41) is 0.224. The molecule has 0 radical (unpaired) electrons. The number of thioether (sulfide) groups is 1. The molecular formula is C15H25NO3S. The number of ketones is 1. The van der Waals surface area contributed by atoms with Gasteiger partial charge in [-0.3, -0.25) is 14.5 Å². The van der Waals surface area contributed by atoms with E-state index in [4.69, 9.17) is 0 Å². The third-order valence-corrected chi connectivity index (χ3v) is 5.08. The van der Waals surface area contributed by atoms with Crippen LogP contribution in [0.15, 0.2) is 0 Å². The molecule has 0 aromatic carbocycles. The number of nitrogens with zero attached hydrogens (tertiary/aromatic N) is 1. The number of carbonyl (C=O) groups excluding carboxylic acids is 3. The predicted octanol–water partition coefficient (Wildman–Crippen LogP) is 2.80. The molecule has 1 fully saturated rings. The van der Waals surface area contributed by atoms with Crippen LogP contribution in [0.3, 0.4) is 0 Å². The van der Waals surface area contributed by atoms with Crippen LogP contribution in [0.25, 0.3) is 0 Å². The minimum atomic E-state index is -0.185. The molecule has 0 bridgehead atoms. The number of Topliss-reactive ketones (excluding diaryl/α,β-unsaturated/α-hetero) is 1. The maximum Gasteiger partial charge on any atom is 0.242 e. The first-order valence-corrected chi connectivity index (χ1v) is 8.39. The Morgan fingerprint density at radius 1 is 1.35 bits per heavy atom. The van der Waals surface area contributed by atoms with E-state index in [1.807, 2.05) is 0 Å². The summed E-state index contributed by atoms with van der Waals surface area (Å²) in [7, 11) is 0. The van der Waals surface area contributed by atoms with Gasteiger partial charge < -0.3 is 4.79 Å². The van der Waals surface area contributed by atoms with E-state index in [0.29, 0.717) is 24.6 Å². The van der Waals surface area contributed by atoms with Crippen LogP contribution in [0.2, 0.25) is 0 Å². The molecule has 4 nitrogen and oxygen atoms in total. The van der Waals surface area contributed by atoms with Crippen LogP contribution in [0.5, 0.6) is 0 Å². The summed E-state index contributed by atoms with van der Waals surface area (Å²) in [4.78, 5) is 36.3. The second-order valence-electron chi connectivity index (χ2n) is 5.44. The maximum atomic E-state index is 12.2. The Bertz CT molecular complexity index is 370. The first-order valence-electron chi connectivity index (χ1n) is 7.44. The Hall–Kier alpha value is -0.840. The van der Waals surface area contributed by atoms with Gasteiger partial charge in [-0.15, -0.1) is 11.8 Å². The molecule has 1 aliphatic heterocycles. The van der Waals surface area contributed by atoms with E-state index >= 15 is 0 Å².